The summed E-state index contributed by atoms with van der Waals surface area (Å²) >= 11 is 0. The Morgan fingerprint density at radius 3 is 2.45 bits per heavy atom. The highest BCUT2D eigenvalue weighted by atomic mass is 16.5. The summed E-state index contributed by atoms with van der Waals surface area (Å²) in [5.41, 5.74) is -1.82. The Morgan fingerprint density at radius 2 is 1.88 bits per heavy atom. The zero-order valence-electron chi connectivity index (χ0n) is 21.1. The molecule has 188 valence electrons. The Balaban J connectivity index is 2.06. The van der Waals surface area contributed by atoms with E-state index in [0.29, 0.717) is 19.4 Å². The first-order chi connectivity index (χ1) is 15.6. The number of aliphatic hydroxyl groups is 1. The van der Waals surface area contributed by atoms with Crippen LogP contribution in [0.3, 0.4) is 0 Å². The Morgan fingerprint density at radius 1 is 1.18 bits per heavy atom. The number of ether oxygens (including phenoxy) is 1. The Kier molecular flexibility index (Phi) is 7.79. The van der Waals surface area contributed by atoms with Crippen LogP contribution >= 0.6 is 0 Å². The van der Waals surface area contributed by atoms with E-state index in [0.717, 1.165) is 25.7 Å². The Labute approximate surface area is 198 Å². The second-order valence-electron chi connectivity index (χ2n) is 10.6. The summed E-state index contributed by atoms with van der Waals surface area (Å²) in [6.45, 7) is 12.2. The van der Waals surface area contributed by atoms with Crippen LogP contribution in [0, 0.1) is 17.8 Å². The van der Waals surface area contributed by atoms with Crippen LogP contribution in [0.2, 0.25) is 0 Å². The third kappa shape index (κ3) is 4.18. The number of hydrogen-bond donors (Lipinski definition) is 3. The molecule has 3 rings (SSSR count). The fraction of sp³-hybridized carbons (Fsp3) is 0.880. The summed E-state index contributed by atoms with van der Waals surface area (Å²) < 4.78 is 6.60. The van der Waals surface area contributed by atoms with E-state index in [1.165, 1.54) is 0 Å². The van der Waals surface area contributed by atoms with Gasteiger partial charge in [-0.3, -0.25) is 14.4 Å². The second kappa shape index (κ2) is 9.90. The molecule has 3 fully saturated rings. The lowest BCUT2D eigenvalue weighted by Gasteiger charge is -2.39. The molecule has 3 amide bonds. The topological polar surface area (TPSA) is 108 Å². The first kappa shape index (κ1) is 25.9. The highest BCUT2D eigenvalue weighted by Gasteiger charge is 2.78. The molecule has 3 unspecified atom stereocenters. The fourth-order valence-corrected chi connectivity index (χ4v) is 6.42. The SMILES string of the molecule is CCCNC(=O)[C@@H]1[C@H]2C(=O)N([C@@H](CO)[C@@H](C)CC)C(C(=O)NC(C)CCC)C23CC[C@@]1(C)O3. The number of carbonyl (C=O) groups excluding carboxylic acids is 3. The minimum Gasteiger partial charge on any atom is -0.394 e. The smallest absolute Gasteiger partial charge is 0.246 e. The first-order valence-electron chi connectivity index (χ1n) is 12.8. The third-order valence-corrected chi connectivity index (χ3v) is 8.25. The molecular weight excluding hydrogens is 422 g/mol. The van der Waals surface area contributed by atoms with Crippen LogP contribution in [0.25, 0.3) is 0 Å². The maximum absolute atomic E-state index is 14.0. The summed E-state index contributed by atoms with van der Waals surface area (Å²) in [6.07, 6.45) is 4.49. The minimum absolute atomic E-state index is 0.00213. The first-order valence-corrected chi connectivity index (χ1v) is 12.8. The molecule has 0 aromatic rings. The Hall–Kier alpha value is -1.67. The molecule has 8 nitrogen and oxygen atoms in total. The number of nitrogens with one attached hydrogen (secondary N) is 2. The maximum atomic E-state index is 14.0. The minimum atomic E-state index is -1.04. The number of nitrogens with zero attached hydrogens (tertiary/aromatic N) is 1. The van der Waals surface area contributed by atoms with E-state index in [4.69, 9.17) is 4.74 Å². The molecule has 3 saturated heterocycles. The molecule has 3 aliphatic heterocycles. The zero-order chi connectivity index (χ0) is 24.6. The molecule has 33 heavy (non-hydrogen) atoms. The molecule has 8 atom stereocenters. The van der Waals surface area contributed by atoms with Crippen molar-refractivity contribution in [3.05, 3.63) is 0 Å². The van der Waals surface area contributed by atoms with Crippen LogP contribution in [0.1, 0.15) is 80.1 Å². The summed E-state index contributed by atoms with van der Waals surface area (Å²) in [6, 6.07) is -1.40. The second-order valence-corrected chi connectivity index (χ2v) is 10.6. The van der Waals surface area contributed by atoms with Gasteiger partial charge in [0.05, 0.1) is 30.1 Å². The molecule has 3 aliphatic rings. The quantitative estimate of drug-likeness (QED) is 0.433. The van der Waals surface area contributed by atoms with Gasteiger partial charge in [0.25, 0.3) is 0 Å². The van der Waals surface area contributed by atoms with Crippen molar-refractivity contribution in [1.82, 2.24) is 15.5 Å². The molecule has 0 aromatic heterocycles. The van der Waals surface area contributed by atoms with Crippen molar-refractivity contribution in [2.75, 3.05) is 13.2 Å². The van der Waals surface area contributed by atoms with Gasteiger partial charge in [-0.25, -0.2) is 0 Å². The molecule has 0 aromatic carbocycles. The van der Waals surface area contributed by atoms with Crippen molar-refractivity contribution < 1.29 is 24.2 Å². The van der Waals surface area contributed by atoms with Crippen molar-refractivity contribution >= 4 is 17.7 Å². The molecule has 1 spiro atoms. The van der Waals surface area contributed by atoms with Gasteiger partial charge in [-0.1, -0.05) is 40.5 Å². The number of aliphatic hydroxyl groups excluding tert-OH is 1. The number of rotatable bonds is 11. The fourth-order valence-electron chi connectivity index (χ4n) is 6.42. The van der Waals surface area contributed by atoms with Crippen LogP contribution in [-0.2, 0) is 19.1 Å². The molecule has 3 heterocycles. The van der Waals surface area contributed by atoms with Crippen molar-refractivity contribution in [1.29, 1.82) is 0 Å². The van der Waals surface area contributed by atoms with Gasteiger partial charge in [0.15, 0.2) is 0 Å². The number of likely N-dealkylation sites (tertiary alicyclic amines) is 1. The largest absolute Gasteiger partial charge is 0.394 e. The van der Waals surface area contributed by atoms with E-state index in [1.807, 2.05) is 34.6 Å². The number of hydrogen-bond acceptors (Lipinski definition) is 5. The van der Waals surface area contributed by atoms with Crippen molar-refractivity contribution in [2.24, 2.45) is 17.8 Å². The van der Waals surface area contributed by atoms with Gasteiger partial charge >= 0.3 is 0 Å². The van der Waals surface area contributed by atoms with E-state index in [9.17, 15) is 19.5 Å². The molecule has 0 aliphatic carbocycles. The number of fused-ring (bicyclic) bond motifs is 1. The van der Waals surface area contributed by atoms with Gasteiger partial charge in [0.1, 0.15) is 11.6 Å². The van der Waals surface area contributed by atoms with Crippen LogP contribution < -0.4 is 10.6 Å². The predicted octanol–water partition coefficient (Wildman–Crippen LogP) is 1.99. The molecule has 0 saturated carbocycles. The van der Waals surface area contributed by atoms with Crippen molar-refractivity contribution in [3.8, 4) is 0 Å². The summed E-state index contributed by atoms with van der Waals surface area (Å²) in [7, 11) is 0. The van der Waals surface area contributed by atoms with E-state index >= 15 is 0 Å². The third-order valence-electron chi connectivity index (χ3n) is 8.25. The molecule has 0 radical (unpaired) electrons. The lowest BCUT2D eigenvalue weighted by molar-refractivity contribution is -0.151. The maximum Gasteiger partial charge on any atom is 0.246 e. The van der Waals surface area contributed by atoms with Gasteiger partial charge in [-0.2, -0.15) is 0 Å². The molecule has 2 bridgehead atoms. The Bertz CT molecular complexity index is 760. The average molecular weight is 466 g/mol. The molecular formula is C25H43N3O5. The monoisotopic (exact) mass is 465 g/mol. The van der Waals surface area contributed by atoms with Gasteiger partial charge in [0, 0.05) is 12.6 Å². The van der Waals surface area contributed by atoms with E-state index < -0.39 is 35.1 Å². The van der Waals surface area contributed by atoms with Crippen molar-refractivity contribution in [2.45, 2.75) is 109 Å². The van der Waals surface area contributed by atoms with Gasteiger partial charge in [-0.05, 0) is 45.4 Å². The van der Waals surface area contributed by atoms with Crippen molar-refractivity contribution in [3.63, 3.8) is 0 Å². The molecule has 3 N–H and O–H groups in total. The number of carbonyl (C=O) groups is 3. The standard InChI is InChI=1S/C25H43N3O5/c1-7-10-16(5)27-22(31)20-25-12-11-24(6,33-25)18(21(30)26-13-8-2)19(25)23(32)28(20)17(14-29)15(4)9-3/h15-20,29H,7-14H2,1-6H3,(H,26,30)(H,27,31)/t15-,16?,17-,18-,19-,20?,24+,25?/m0/s1. The van der Waals surface area contributed by atoms with E-state index in [2.05, 4.69) is 17.6 Å². The van der Waals surface area contributed by atoms with Crippen LogP contribution in [-0.4, -0.2) is 70.2 Å². The van der Waals surface area contributed by atoms with Crippen LogP contribution in [0.15, 0.2) is 0 Å². The summed E-state index contributed by atoms with van der Waals surface area (Å²) in [5.74, 6) is -2.02. The van der Waals surface area contributed by atoms with Gasteiger partial charge in [-0.15, -0.1) is 0 Å². The lowest BCUT2D eigenvalue weighted by Crippen LogP contribution is -2.60. The van der Waals surface area contributed by atoms with E-state index in [1.54, 1.807) is 4.90 Å². The number of amides is 3. The van der Waals surface area contributed by atoms with Gasteiger partial charge < -0.3 is 25.4 Å². The predicted molar refractivity (Wildman–Crippen MR) is 125 cm³/mol. The van der Waals surface area contributed by atoms with E-state index in [-0.39, 0.29) is 36.3 Å². The highest BCUT2D eigenvalue weighted by molar-refractivity contribution is 5.99. The van der Waals surface area contributed by atoms with Crippen LogP contribution in [0.5, 0.6) is 0 Å². The van der Waals surface area contributed by atoms with Crippen LogP contribution in [0.4, 0.5) is 0 Å². The highest BCUT2D eigenvalue weighted by Crippen LogP contribution is 2.63. The molecule has 8 heteroatoms. The summed E-state index contributed by atoms with van der Waals surface area (Å²) in [5, 5.41) is 16.4. The average Bonchev–Trinajstić information content (AvgIpc) is 3.33. The normalized spacial score (nSPS) is 35.3. The zero-order valence-corrected chi connectivity index (χ0v) is 21.1. The van der Waals surface area contributed by atoms with Gasteiger partial charge in [0.2, 0.25) is 17.7 Å². The summed E-state index contributed by atoms with van der Waals surface area (Å²) in [4.78, 5) is 42.6. The lowest BCUT2D eigenvalue weighted by atomic mass is 9.66.